The van der Waals surface area contributed by atoms with Gasteiger partial charge in [-0.2, -0.15) is 0 Å². The van der Waals surface area contributed by atoms with Crippen LogP contribution in [-0.2, 0) is 6.42 Å². The van der Waals surface area contributed by atoms with E-state index >= 15 is 0 Å². The molecule has 3 N–H and O–H groups in total. The van der Waals surface area contributed by atoms with E-state index < -0.39 is 0 Å². The van der Waals surface area contributed by atoms with Gasteiger partial charge >= 0.3 is 0 Å². The number of aromatic nitrogens is 1. The van der Waals surface area contributed by atoms with Crippen molar-refractivity contribution in [1.82, 2.24) is 20.5 Å². The van der Waals surface area contributed by atoms with Crippen molar-refractivity contribution in [2.45, 2.75) is 27.2 Å². The van der Waals surface area contributed by atoms with Gasteiger partial charge in [-0.3, -0.25) is 4.99 Å². The quantitative estimate of drug-likeness (QED) is 0.302. The number of aromatic amines is 1. The van der Waals surface area contributed by atoms with Crippen LogP contribution in [0.3, 0.4) is 0 Å². The van der Waals surface area contributed by atoms with Crippen molar-refractivity contribution >= 4 is 40.8 Å². The molecular weight excluding hydrogens is 456 g/mol. The number of hydrogen-bond donors (Lipinski definition) is 3. The number of nitrogens with one attached hydrogen (secondary N) is 3. The molecule has 152 valence electrons. The van der Waals surface area contributed by atoms with Gasteiger partial charge in [0.25, 0.3) is 0 Å². The summed E-state index contributed by atoms with van der Waals surface area (Å²) < 4.78 is 13.5. The number of hydrogen-bond acceptors (Lipinski definition) is 2. The van der Waals surface area contributed by atoms with Crippen LogP contribution in [0.1, 0.15) is 26.3 Å². The monoisotopic (exact) mass is 489 g/mol. The Morgan fingerprint density at radius 3 is 2.67 bits per heavy atom. The summed E-state index contributed by atoms with van der Waals surface area (Å²) in [6, 6.07) is 4.84. The number of benzene rings is 1. The zero-order valence-corrected chi connectivity index (χ0v) is 19.4. The third kappa shape index (κ3) is 7.65. The van der Waals surface area contributed by atoms with Crippen molar-refractivity contribution in [2.24, 2.45) is 10.4 Å². The number of H-pyrrole nitrogens is 1. The van der Waals surface area contributed by atoms with Crippen LogP contribution in [0.4, 0.5) is 4.39 Å². The molecule has 0 aliphatic carbocycles. The van der Waals surface area contributed by atoms with Gasteiger partial charge in [-0.1, -0.05) is 13.8 Å². The molecule has 2 rings (SSSR count). The standard InChI is InChI=1S/C20H32FN5.HI/c1-6-22-19(25-13-20(2,3)14-26(4)5)23-10-9-15-12-24-18-8-7-16(21)11-17(15)18;/h7-8,11-12,24H,6,9-10,13-14H2,1-5H3,(H2,22,23,25);1H. The number of nitrogens with zero attached hydrogens (tertiary/aromatic N) is 2. The molecule has 0 spiro atoms. The van der Waals surface area contributed by atoms with Crippen molar-refractivity contribution in [1.29, 1.82) is 0 Å². The fourth-order valence-electron chi connectivity index (χ4n) is 3.21. The molecule has 2 aromatic rings. The second-order valence-electron chi connectivity index (χ2n) is 7.78. The molecule has 1 aromatic heterocycles. The lowest BCUT2D eigenvalue weighted by Gasteiger charge is -2.26. The molecule has 7 heteroatoms. The molecule has 0 atom stereocenters. The Morgan fingerprint density at radius 1 is 1.26 bits per heavy atom. The molecule has 0 unspecified atom stereocenters. The van der Waals surface area contributed by atoms with Crippen molar-refractivity contribution in [3.8, 4) is 0 Å². The molecule has 1 heterocycles. The van der Waals surface area contributed by atoms with E-state index in [2.05, 4.69) is 55.4 Å². The van der Waals surface area contributed by atoms with E-state index in [-0.39, 0.29) is 35.2 Å². The maximum absolute atomic E-state index is 13.5. The Hall–Kier alpha value is -1.35. The van der Waals surface area contributed by atoms with Gasteiger partial charge in [-0.15, -0.1) is 24.0 Å². The van der Waals surface area contributed by atoms with E-state index in [1.54, 1.807) is 12.1 Å². The minimum absolute atomic E-state index is 0. The van der Waals surface area contributed by atoms with Gasteiger partial charge in [0.2, 0.25) is 0 Å². The second-order valence-corrected chi connectivity index (χ2v) is 7.78. The van der Waals surface area contributed by atoms with Crippen molar-refractivity contribution in [3.63, 3.8) is 0 Å². The first-order valence-electron chi connectivity index (χ1n) is 9.23. The summed E-state index contributed by atoms with van der Waals surface area (Å²) >= 11 is 0. The van der Waals surface area contributed by atoms with Crippen molar-refractivity contribution in [2.75, 3.05) is 40.3 Å². The molecule has 27 heavy (non-hydrogen) atoms. The largest absolute Gasteiger partial charge is 0.361 e. The lowest BCUT2D eigenvalue weighted by molar-refractivity contribution is 0.248. The number of halogens is 2. The van der Waals surface area contributed by atoms with E-state index in [1.165, 1.54) is 6.07 Å². The minimum atomic E-state index is -0.204. The van der Waals surface area contributed by atoms with Gasteiger partial charge in [0.1, 0.15) is 5.82 Å². The average Bonchev–Trinajstić information content (AvgIpc) is 2.94. The van der Waals surface area contributed by atoms with Crippen LogP contribution in [-0.4, -0.2) is 56.1 Å². The molecule has 5 nitrogen and oxygen atoms in total. The fraction of sp³-hybridized carbons (Fsp3) is 0.550. The zero-order valence-electron chi connectivity index (χ0n) is 17.0. The van der Waals surface area contributed by atoms with Crippen LogP contribution in [0, 0.1) is 11.2 Å². The van der Waals surface area contributed by atoms with Gasteiger partial charge in [0, 0.05) is 43.3 Å². The lowest BCUT2D eigenvalue weighted by Crippen LogP contribution is -2.40. The van der Waals surface area contributed by atoms with Gasteiger partial charge in [-0.25, -0.2) is 4.39 Å². The Morgan fingerprint density at radius 2 is 2.00 bits per heavy atom. The van der Waals surface area contributed by atoms with Gasteiger partial charge in [0.15, 0.2) is 5.96 Å². The van der Waals surface area contributed by atoms with E-state index in [0.29, 0.717) is 0 Å². The summed E-state index contributed by atoms with van der Waals surface area (Å²) in [4.78, 5) is 10.1. The highest BCUT2D eigenvalue weighted by Gasteiger charge is 2.18. The van der Waals surface area contributed by atoms with Gasteiger partial charge in [0.05, 0.1) is 0 Å². The predicted octanol–water partition coefficient (Wildman–Crippen LogP) is 3.61. The smallest absolute Gasteiger partial charge is 0.191 e. The molecule has 0 saturated heterocycles. The molecule has 0 radical (unpaired) electrons. The van der Waals surface area contributed by atoms with Crippen LogP contribution in [0.15, 0.2) is 29.4 Å². The SMILES string of the molecule is CCNC(=NCC(C)(C)CN(C)C)NCCc1c[nH]c2ccc(F)cc12.I. The van der Waals surface area contributed by atoms with Gasteiger partial charge in [-0.05, 0) is 56.6 Å². The lowest BCUT2D eigenvalue weighted by atomic mass is 9.93. The van der Waals surface area contributed by atoms with Crippen LogP contribution in [0.5, 0.6) is 0 Å². The molecule has 0 amide bonds. The highest BCUT2D eigenvalue weighted by atomic mass is 127. The second kappa shape index (κ2) is 10.8. The first kappa shape index (κ1) is 23.7. The fourth-order valence-corrected chi connectivity index (χ4v) is 3.21. The minimum Gasteiger partial charge on any atom is -0.361 e. The Bertz CT molecular complexity index is 739. The number of rotatable bonds is 8. The first-order chi connectivity index (χ1) is 12.3. The van der Waals surface area contributed by atoms with Crippen LogP contribution in [0.25, 0.3) is 10.9 Å². The highest BCUT2D eigenvalue weighted by Crippen LogP contribution is 2.19. The van der Waals surface area contributed by atoms with Crippen LogP contribution < -0.4 is 10.6 Å². The number of fused-ring (bicyclic) bond motifs is 1. The maximum Gasteiger partial charge on any atom is 0.191 e. The summed E-state index contributed by atoms with van der Waals surface area (Å²) in [6.45, 7) is 9.79. The van der Waals surface area contributed by atoms with E-state index in [9.17, 15) is 4.39 Å². The molecule has 0 aliphatic heterocycles. The normalized spacial score (nSPS) is 12.3. The summed E-state index contributed by atoms with van der Waals surface area (Å²) in [5.74, 6) is 0.620. The zero-order chi connectivity index (χ0) is 19.2. The summed E-state index contributed by atoms with van der Waals surface area (Å²) in [5.41, 5.74) is 2.18. The van der Waals surface area contributed by atoms with E-state index in [4.69, 9.17) is 4.99 Å². The topological polar surface area (TPSA) is 55.5 Å². The molecular formula is C20H33FIN5. The summed E-state index contributed by atoms with van der Waals surface area (Å²) in [7, 11) is 4.16. The summed E-state index contributed by atoms with van der Waals surface area (Å²) in [5, 5.41) is 7.62. The Labute approximate surface area is 179 Å². The molecule has 0 saturated carbocycles. The first-order valence-corrected chi connectivity index (χ1v) is 9.23. The molecule has 1 aromatic carbocycles. The molecule has 0 fully saturated rings. The van der Waals surface area contributed by atoms with E-state index in [0.717, 1.165) is 55.0 Å². The Kier molecular flexibility index (Phi) is 9.52. The average molecular weight is 489 g/mol. The number of guanidine groups is 1. The van der Waals surface area contributed by atoms with Gasteiger partial charge < -0.3 is 20.5 Å². The van der Waals surface area contributed by atoms with Crippen molar-refractivity contribution in [3.05, 3.63) is 35.8 Å². The molecule has 0 aliphatic rings. The third-order valence-electron chi connectivity index (χ3n) is 4.17. The van der Waals surface area contributed by atoms with Crippen LogP contribution >= 0.6 is 24.0 Å². The predicted molar refractivity (Wildman–Crippen MR) is 124 cm³/mol. The molecule has 0 bridgehead atoms. The third-order valence-corrected chi connectivity index (χ3v) is 4.17. The Balaban J connectivity index is 0.00000364. The highest BCUT2D eigenvalue weighted by molar-refractivity contribution is 14.0. The van der Waals surface area contributed by atoms with Crippen LogP contribution in [0.2, 0.25) is 0 Å². The maximum atomic E-state index is 13.5. The summed E-state index contributed by atoms with van der Waals surface area (Å²) in [6.07, 6.45) is 2.75. The number of aliphatic imine (C=N–C) groups is 1. The van der Waals surface area contributed by atoms with Crippen molar-refractivity contribution < 1.29 is 4.39 Å². The van der Waals surface area contributed by atoms with E-state index in [1.807, 2.05) is 6.20 Å².